The predicted molar refractivity (Wildman–Crippen MR) is 234 cm³/mol. The molecule has 2 aliphatic heterocycles. The van der Waals surface area contributed by atoms with Crippen LogP contribution >= 0.6 is 11.6 Å². The molecule has 57 heavy (non-hydrogen) atoms. The average molecular weight is 779 g/mol. The van der Waals surface area contributed by atoms with Crippen molar-refractivity contribution in [3.8, 4) is 11.1 Å². The van der Waals surface area contributed by atoms with E-state index < -0.39 is 5.60 Å². The van der Waals surface area contributed by atoms with E-state index in [2.05, 4.69) is 115 Å². The number of hydrogen-bond donors (Lipinski definition) is 1. The van der Waals surface area contributed by atoms with Crippen LogP contribution in [0.2, 0.25) is 5.02 Å². The molecule has 0 unspecified atom stereocenters. The Morgan fingerprint density at radius 1 is 0.667 bits per heavy atom. The summed E-state index contributed by atoms with van der Waals surface area (Å²) in [6.07, 6.45) is 1.35. The van der Waals surface area contributed by atoms with E-state index in [4.69, 9.17) is 21.1 Å². The van der Waals surface area contributed by atoms with Crippen LogP contribution in [-0.2, 0) is 34.5 Å². The first-order chi connectivity index (χ1) is 27.9. The molecular weight excluding hydrogens is 724 g/mol. The van der Waals surface area contributed by atoms with Gasteiger partial charge < -0.3 is 19.5 Å². The third kappa shape index (κ3) is 10.5. The highest BCUT2D eigenvalue weighted by atomic mass is 35.5. The van der Waals surface area contributed by atoms with Gasteiger partial charge in [0.1, 0.15) is 11.7 Å². The Labute approximate surface area is 344 Å². The zero-order valence-electron chi connectivity index (χ0n) is 33.2. The van der Waals surface area contributed by atoms with Crippen LogP contribution in [0.15, 0.2) is 164 Å². The number of morpholine rings is 2. The van der Waals surface area contributed by atoms with Crippen molar-refractivity contribution >= 4 is 11.6 Å². The number of aliphatic hydroxyl groups is 1. The highest BCUT2D eigenvalue weighted by Gasteiger charge is 2.42. The largest absolute Gasteiger partial charge is 0.382 e. The molecule has 6 aromatic carbocycles. The maximum absolute atomic E-state index is 12.4. The van der Waals surface area contributed by atoms with Gasteiger partial charge in [-0.15, -0.1) is 0 Å². The Morgan fingerprint density at radius 2 is 1.26 bits per heavy atom. The normalized spacial score (nSPS) is 19.2. The summed E-state index contributed by atoms with van der Waals surface area (Å²) in [5, 5.41) is 13.1. The van der Waals surface area contributed by atoms with Gasteiger partial charge in [0, 0.05) is 55.6 Å². The summed E-state index contributed by atoms with van der Waals surface area (Å²) in [4.78, 5) is 4.75. The minimum atomic E-state index is -1.20. The minimum absolute atomic E-state index is 0.265. The summed E-state index contributed by atoms with van der Waals surface area (Å²) >= 11 is 6.57. The summed E-state index contributed by atoms with van der Waals surface area (Å²) < 4.78 is 12.4. The molecule has 6 aromatic rings. The van der Waals surface area contributed by atoms with Gasteiger partial charge in [0.15, 0.2) is 0 Å². The molecule has 0 aliphatic carbocycles. The van der Waals surface area contributed by atoms with Gasteiger partial charge in [-0.3, -0.25) is 4.90 Å². The lowest BCUT2D eigenvalue weighted by Gasteiger charge is -2.43. The van der Waals surface area contributed by atoms with Crippen LogP contribution in [0.1, 0.15) is 39.3 Å². The van der Waals surface area contributed by atoms with E-state index in [1.165, 1.54) is 22.3 Å². The SMILES string of the molecule is Cc1ccccc1C[C@@H](c1ccccc1)[C@H]1CN(C)CCO1.O[C@](Cc1ccccc1-c1ccccc1Cl)(c1ccccc1)[C@H]1CN(Cc2ccccc2)CCO1. The van der Waals surface area contributed by atoms with Crippen molar-refractivity contribution < 1.29 is 14.6 Å². The second-order valence-electron chi connectivity index (χ2n) is 15.5. The molecule has 2 heterocycles. The average Bonchev–Trinajstić information content (AvgIpc) is 3.25. The van der Waals surface area contributed by atoms with Gasteiger partial charge in [0.2, 0.25) is 0 Å². The Morgan fingerprint density at radius 3 is 1.96 bits per heavy atom. The van der Waals surface area contributed by atoms with Gasteiger partial charge in [-0.2, -0.15) is 0 Å². The molecule has 2 fully saturated rings. The first kappa shape index (κ1) is 40.6. The summed E-state index contributed by atoms with van der Waals surface area (Å²) in [7, 11) is 2.19. The van der Waals surface area contributed by atoms with E-state index in [0.29, 0.717) is 30.5 Å². The number of ether oxygens (including phenoxy) is 2. The second kappa shape index (κ2) is 19.7. The lowest BCUT2D eigenvalue weighted by molar-refractivity contribution is -0.149. The molecule has 0 saturated carbocycles. The number of rotatable bonds is 11. The van der Waals surface area contributed by atoms with Gasteiger partial charge in [0.25, 0.3) is 0 Å². The third-order valence-corrected chi connectivity index (χ3v) is 11.9. The fraction of sp³-hybridized carbons (Fsp3) is 0.294. The Balaban J connectivity index is 0.000000194. The summed E-state index contributed by atoms with van der Waals surface area (Å²) in [6.45, 7) is 7.97. The highest BCUT2D eigenvalue weighted by molar-refractivity contribution is 6.33. The number of nitrogens with zero attached hydrogens (tertiary/aromatic N) is 2. The van der Waals surface area contributed by atoms with E-state index in [1.807, 2.05) is 72.8 Å². The van der Waals surface area contributed by atoms with Gasteiger partial charge in [-0.1, -0.05) is 169 Å². The predicted octanol–water partition coefficient (Wildman–Crippen LogP) is 9.99. The van der Waals surface area contributed by atoms with Crippen molar-refractivity contribution in [1.29, 1.82) is 0 Å². The van der Waals surface area contributed by atoms with Gasteiger partial charge >= 0.3 is 0 Å². The van der Waals surface area contributed by atoms with Crippen LogP contribution in [0, 0.1) is 6.92 Å². The van der Waals surface area contributed by atoms with E-state index >= 15 is 0 Å². The molecule has 294 valence electrons. The van der Waals surface area contributed by atoms with Crippen LogP contribution < -0.4 is 0 Å². The van der Waals surface area contributed by atoms with Crippen molar-refractivity contribution in [3.63, 3.8) is 0 Å². The van der Waals surface area contributed by atoms with Crippen LogP contribution in [0.4, 0.5) is 0 Å². The van der Waals surface area contributed by atoms with Crippen LogP contribution in [-0.4, -0.2) is 73.6 Å². The summed E-state index contributed by atoms with van der Waals surface area (Å²) in [6, 6.07) is 56.0. The number of likely N-dealkylation sites (N-methyl/N-ethyl adjacent to an activating group) is 1. The standard InChI is InChI=1S/C31H30ClNO2.C20H25NO/c32-29-18-10-9-17-28(29)27-16-8-7-13-25(27)21-31(34,26-14-5-2-6-15-26)30-23-33(19-20-35-30)22-24-11-3-1-4-12-24;1-16-8-6-7-11-18(16)14-19(17-9-4-3-5-10-17)20-15-21(2)12-13-22-20/h1-18,30,34H,19-23H2;3-11,19-20H,12-15H2,1-2H3/t30-,31-;19-,20+/m10/s1. The van der Waals surface area contributed by atoms with Gasteiger partial charge in [-0.25, -0.2) is 0 Å². The van der Waals surface area contributed by atoms with Crippen molar-refractivity contribution in [1.82, 2.24) is 9.80 Å². The van der Waals surface area contributed by atoms with E-state index in [0.717, 1.165) is 61.5 Å². The van der Waals surface area contributed by atoms with Crippen molar-refractivity contribution in [3.05, 3.63) is 202 Å². The molecule has 5 nitrogen and oxygen atoms in total. The van der Waals surface area contributed by atoms with Crippen LogP contribution in [0.3, 0.4) is 0 Å². The van der Waals surface area contributed by atoms with Crippen molar-refractivity contribution in [2.75, 3.05) is 46.4 Å². The van der Waals surface area contributed by atoms with Gasteiger partial charge in [0.05, 0.1) is 19.3 Å². The van der Waals surface area contributed by atoms with Crippen molar-refractivity contribution in [2.24, 2.45) is 0 Å². The molecule has 2 saturated heterocycles. The Hall–Kier alpha value is -4.59. The zero-order chi connectivity index (χ0) is 39.5. The monoisotopic (exact) mass is 778 g/mol. The summed E-state index contributed by atoms with van der Waals surface area (Å²) in [5.41, 5.74) is 8.14. The molecule has 4 atom stereocenters. The van der Waals surface area contributed by atoms with Crippen LogP contribution in [0.5, 0.6) is 0 Å². The molecule has 8 rings (SSSR count). The second-order valence-corrected chi connectivity index (χ2v) is 15.9. The molecular formula is C51H55ClN2O3. The van der Waals surface area contributed by atoms with E-state index in [9.17, 15) is 5.11 Å². The molecule has 0 spiro atoms. The molecule has 0 amide bonds. The quantitative estimate of drug-likeness (QED) is 0.142. The number of halogens is 1. The van der Waals surface area contributed by atoms with E-state index in [-0.39, 0.29) is 12.2 Å². The molecule has 6 heteroatoms. The lowest BCUT2D eigenvalue weighted by Crippen LogP contribution is -2.53. The Kier molecular flexibility index (Phi) is 14.0. The first-order valence-corrected chi connectivity index (χ1v) is 20.6. The topological polar surface area (TPSA) is 45.2 Å². The fourth-order valence-electron chi connectivity index (χ4n) is 8.31. The molecule has 1 N–H and O–H groups in total. The minimum Gasteiger partial charge on any atom is -0.382 e. The fourth-order valence-corrected chi connectivity index (χ4v) is 8.54. The smallest absolute Gasteiger partial charge is 0.121 e. The summed E-state index contributed by atoms with van der Waals surface area (Å²) in [5.74, 6) is 0.407. The van der Waals surface area contributed by atoms with Crippen LogP contribution in [0.25, 0.3) is 11.1 Å². The third-order valence-electron chi connectivity index (χ3n) is 11.5. The van der Waals surface area contributed by atoms with Gasteiger partial charge in [-0.05, 0) is 65.4 Å². The number of hydrogen-bond acceptors (Lipinski definition) is 5. The number of benzene rings is 6. The van der Waals surface area contributed by atoms with Crippen molar-refractivity contribution in [2.45, 2.75) is 50.0 Å². The maximum Gasteiger partial charge on any atom is 0.121 e. The molecule has 0 aromatic heterocycles. The highest BCUT2D eigenvalue weighted by Crippen LogP contribution is 2.38. The number of aryl methyl sites for hydroxylation is 1. The first-order valence-electron chi connectivity index (χ1n) is 20.3. The maximum atomic E-state index is 12.4. The lowest BCUT2D eigenvalue weighted by atomic mass is 9.80. The Bertz CT molecular complexity index is 2130. The van der Waals surface area contributed by atoms with E-state index in [1.54, 1.807) is 0 Å². The molecule has 0 bridgehead atoms. The molecule has 0 radical (unpaired) electrons. The molecule has 2 aliphatic rings. The zero-order valence-corrected chi connectivity index (χ0v) is 34.0.